The summed E-state index contributed by atoms with van der Waals surface area (Å²) in [6.07, 6.45) is 7.06. The zero-order chi connectivity index (χ0) is 15.9. The molecule has 0 saturated heterocycles. The highest BCUT2D eigenvalue weighted by molar-refractivity contribution is 7.87. The summed E-state index contributed by atoms with van der Waals surface area (Å²) in [4.78, 5) is 11.1. The fraction of sp³-hybridized carbons (Fsp3) is 0.929. The smallest absolute Gasteiger partial charge is 0.306 e. The third kappa shape index (κ3) is 6.32. The molecular formula is C14H28N2O4S. The molecule has 6 nitrogen and oxygen atoms in total. The van der Waals surface area contributed by atoms with E-state index in [2.05, 4.69) is 9.46 Å². The highest BCUT2D eigenvalue weighted by atomic mass is 32.2. The van der Waals surface area contributed by atoms with Crippen molar-refractivity contribution in [3.05, 3.63) is 0 Å². The van der Waals surface area contributed by atoms with E-state index < -0.39 is 16.2 Å². The molecule has 1 N–H and O–H groups in total. The van der Waals surface area contributed by atoms with Crippen LogP contribution in [0.1, 0.15) is 51.9 Å². The van der Waals surface area contributed by atoms with E-state index in [1.807, 2.05) is 6.92 Å². The third-order valence-electron chi connectivity index (χ3n) is 4.21. The quantitative estimate of drug-likeness (QED) is 0.572. The first-order chi connectivity index (χ1) is 9.86. The molecule has 0 amide bonds. The first-order valence-corrected chi connectivity index (χ1v) is 9.11. The SMILES string of the molecule is COC(=O)CCN(C)S(=O)(=O)N[C@H](C)C1CCCCCC1. The zero-order valence-corrected chi connectivity index (χ0v) is 14.1. The molecule has 1 atom stereocenters. The molecule has 1 aliphatic rings. The Balaban J connectivity index is 2.51. The van der Waals surface area contributed by atoms with Gasteiger partial charge in [0.1, 0.15) is 0 Å². The van der Waals surface area contributed by atoms with Crippen LogP contribution in [0, 0.1) is 5.92 Å². The van der Waals surface area contributed by atoms with Gasteiger partial charge in [-0.05, 0) is 25.7 Å². The van der Waals surface area contributed by atoms with Crippen molar-refractivity contribution in [3.63, 3.8) is 0 Å². The van der Waals surface area contributed by atoms with Gasteiger partial charge in [0, 0.05) is 19.6 Å². The average molecular weight is 320 g/mol. The van der Waals surface area contributed by atoms with Crippen LogP contribution in [-0.2, 0) is 19.7 Å². The second-order valence-corrected chi connectivity index (χ2v) is 7.62. The van der Waals surface area contributed by atoms with Crippen LogP contribution in [0.5, 0.6) is 0 Å². The first kappa shape index (κ1) is 18.4. The monoisotopic (exact) mass is 320 g/mol. The Morgan fingerprint density at radius 3 is 2.38 bits per heavy atom. The molecule has 0 spiro atoms. The van der Waals surface area contributed by atoms with Gasteiger partial charge in [0.2, 0.25) is 0 Å². The van der Waals surface area contributed by atoms with Gasteiger partial charge >= 0.3 is 5.97 Å². The Morgan fingerprint density at radius 1 is 1.29 bits per heavy atom. The molecule has 1 saturated carbocycles. The summed E-state index contributed by atoms with van der Waals surface area (Å²) in [6.45, 7) is 2.06. The molecule has 124 valence electrons. The largest absolute Gasteiger partial charge is 0.469 e. The van der Waals surface area contributed by atoms with Crippen molar-refractivity contribution in [2.24, 2.45) is 5.92 Å². The molecule has 0 unspecified atom stereocenters. The number of ether oxygens (including phenoxy) is 1. The number of carbonyl (C=O) groups is 1. The Hall–Kier alpha value is -0.660. The van der Waals surface area contributed by atoms with Crippen LogP contribution in [-0.4, -0.2) is 45.4 Å². The molecule has 0 aromatic heterocycles. The maximum Gasteiger partial charge on any atom is 0.306 e. The van der Waals surface area contributed by atoms with E-state index in [0.717, 1.165) is 12.8 Å². The standard InChI is InChI=1S/C14H28N2O4S/c1-12(13-8-6-4-5-7-9-13)15-21(18,19)16(2)11-10-14(17)20-3/h12-13,15H,4-11H2,1-3H3/t12-/m1/s1. The average Bonchev–Trinajstić information content (AvgIpc) is 2.72. The van der Waals surface area contributed by atoms with Gasteiger partial charge in [-0.15, -0.1) is 0 Å². The van der Waals surface area contributed by atoms with E-state index in [0.29, 0.717) is 5.92 Å². The van der Waals surface area contributed by atoms with E-state index in [1.165, 1.54) is 44.1 Å². The summed E-state index contributed by atoms with van der Waals surface area (Å²) in [5.41, 5.74) is 0. The van der Waals surface area contributed by atoms with Crippen molar-refractivity contribution >= 4 is 16.2 Å². The normalized spacial score (nSPS) is 19.2. The maximum absolute atomic E-state index is 12.2. The Bertz CT molecular complexity index is 417. The maximum atomic E-state index is 12.2. The van der Waals surface area contributed by atoms with Crippen LogP contribution in [0.15, 0.2) is 0 Å². The van der Waals surface area contributed by atoms with Crippen LogP contribution < -0.4 is 4.72 Å². The number of nitrogens with zero attached hydrogens (tertiary/aromatic N) is 1. The van der Waals surface area contributed by atoms with Crippen molar-refractivity contribution in [1.82, 2.24) is 9.03 Å². The molecule has 1 fully saturated rings. The number of carbonyl (C=O) groups excluding carboxylic acids is 1. The molecule has 0 radical (unpaired) electrons. The second kappa shape index (κ2) is 8.70. The summed E-state index contributed by atoms with van der Waals surface area (Å²) in [6, 6.07) is -0.0753. The topological polar surface area (TPSA) is 75.7 Å². The lowest BCUT2D eigenvalue weighted by Gasteiger charge is -2.26. The number of rotatable bonds is 7. The fourth-order valence-electron chi connectivity index (χ4n) is 2.70. The minimum Gasteiger partial charge on any atom is -0.469 e. The summed E-state index contributed by atoms with van der Waals surface area (Å²) < 4.78 is 32.9. The van der Waals surface area contributed by atoms with E-state index in [9.17, 15) is 13.2 Å². The molecule has 0 heterocycles. The predicted octanol–water partition coefficient (Wildman–Crippen LogP) is 1.67. The van der Waals surface area contributed by atoms with E-state index in [4.69, 9.17) is 0 Å². The van der Waals surface area contributed by atoms with Gasteiger partial charge in [-0.2, -0.15) is 17.4 Å². The molecule has 1 rings (SSSR count). The van der Waals surface area contributed by atoms with Crippen LogP contribution in [0.4, 0.5) is 0 Å². The minimum atomic E-state index is -3.55. The van der Waals surface area contributed by atoms with Gasteiger partial charge in [-0.1, -0.05) is 25.7 Å². The summed E-state index contributed by atoms with van der Waals surface area (Å²) in [7, 11) is -0.777. The van der Waals surface area contributed by atoms with Gasteiger partial charge < -0.3 is 4.74 Å². The Labute approximate surface area is 128 Å². The number of hydrogen-bond donors (Lipinski definition) is 1. The van der Waals surface area contributed by atoms with E-state index in [-0.39, 0.29) is 19.0 Å². The predicted molar refractivity (Wildman–Crippen MR) is 82.0 cm³/mol. The number of esters is 1. The Kier molecular flexibility index (Phi) is 7.62. The van der Waals surface area contributed by atoms with E-state index >= 15 is 0 Å². The highest BCUT2D eigenvalue weighted by Crippen LogP contribution is 2.25. The molecule has 21 heavy (non-hydrogen) atoms. The van der Waals surface area contributed by atoms with Crippen molar-refractivity contribution in [3.8, 4) is 0 Å². The van der Waals surface area contributed by atoms with Gasteiger partial charge in [0.15, 0.2) is 0 Å². The number of nitrogens with one attached hydrogen (secondary N) is 1. The van der Waals surface area contributed by atoms with Gasteiger partial charge in [-0.3, -0.25) is 4.79 Å². The Morgan fingerprint density at radius 2 is 1.86 bits per heavy atom. The molecule has 0 bridgehead atoms. The van der Waals surface area contributed by atoms with Gasteiger partial charge in [0.05, 0.1) is 13.5 Å². The van der Waals surface area contributed by atoms with Gasteiger partial charge in [-0.25, -0.2) is 0 Å². The second-order valence-electron chi connectivity index (χ2n) is 5.81. The molecule has 7 heteroatoms. The van der Waals surface area contributed by atoms with Crippen molar-refractivity contribution < 1.29 is 17.9 Å². The fourth-order valence-corrected chi connectivity index (χ4v) is 3.88. The summed E-state index contributed by atoms with van der Waals surface area (Å²) in [5, 5.41) is 0. The minimum absolute atomic E-state index is 0.0612. The van der Waals surface area contributed by atoms with Crippen LogP contribution >= 0.6 is 0 Å². The zero-order valence-electron chi connectivity index (χ0n) is 13.3. The molecule has 0 aromatic carbocycles. The van der Waals surface area contributed by atoms with Crippen molar-refractivity contribution in [2.75, 3.05) is 20.7 Å². The first-order valence-electron chi connectivity index (χ1n) is 7.67. The van der Waals surface area contributed by atoms with Crippen LogP contribution in [0.3, 0.4) is 0 Å². The van der Waals surface area contributed by atoms with E-state index in [1.54, 1.807) is 0 Å². The van der Waals surface area contributed by atoms with Gasteiger partial charge in [0.25, 0.3) is 10.2 Å². The molecule has 1 aliphatic carbocycles. The molecule has 0 aromatic rings. The third-order valence-corrected chi connectivity index (χ3v) is 5.88. The van der Waals surface area contributed by atoms with Crippen molar-refractivity contribution in [2.45, 2.75) is 57.9 Å². The lowest BCUT2D eigenvalue weighted by Crippen LogP contribution is -2.45. The lowest BCUT2D eigenvalue weighted by atomic mass is 9.94. The molecule has 0 aliphatic heterocycles. The number of methoxy groups -OCH3 is 1. The van der Waals surface area contributed by atoms with Crippen molar-refractivity contribution in [1.29, 1.82) is 0 Å². The summed E-state index contributed by atoms with van der Waals surface area (Å²) in [5.74, 6) is -0.00912. The van der Waals surface area contributed by atoms with Crippen LogP contribution in [0.25, 0.3) is 0 Å². The lowest BCUT2D eigenvalue weighted by molar-refractivity contribution is -0.140. The highest BCUT2D eigenvalue weighted by Gasteiger charge is 2.26. The van der Waals surface area contributed by atoms with Crippen LogP contribution in [0.2, 0.25) is 0 Å². The molecular weight excluding hydrogens is 292 g/mol. The number of hydrogen-bond acceptors (Lipinski definition) is 4. The summed E-state index contributed by atoms with van der Waals surface area (Å²) >= 11 is 0.